The van der Waals surface area contributed by atoms with Crippen LogP contribution in [0.15, 0.2) is 45.3 Å². The topological polar surface area (TPSA) is 105 Å². The Kier molecular flexibility index (Phi) is 5.92. The minimum atomic E-state index is -1.37. The standard InChI is InChI=1S/C22H16F3N3O5S/c1-27(18-11(23)4-3-5-12(18)24)8-10-6-15(13(25)7-16(10)33-2)28-20(29)17-14(26-22(28)32)9-34-19(17)21(30)31/h3-7,9H,8H2,1-2H3,(H,26,32)(H,30,31). The maximum atomic E-state index is 15.0. The lowest BCUT2D eigenvalue weighted by Crippen LogP contribution is -2.34. The van der Waals surface area contributed by atoms with E-state index in [2.05, 4.69) is 4.98 Å². The second kappa shape index (κ2) is 8.71. The first-order valence-corrected chi connectivity index (χ1v) is 10.5. The molecule has 2 aromatic carbocycles. The van der Waals surface area contributed by atoms with Crippen LogP contribution in [0.5, 0.6) is 5.75 Å². The Morgan fingerprint density at radius 3 is 2.47 bits per heavy atom. The van der Waals surface area contributed by atoms with Crippen LogP contribution >= 0.6 is 11.3 Å². The molecule has 4 aromatic rings. The summed E-state index contributed by atoms with van der Waals surface area (Å²) in [5.74, 6) is -4.00. The molecule has 0 fully saturated rings. The lowest BCUT2D eigenvalue weighted by Gasteiger charge is -2.22. The number of aromatic carboxylic acids is 1. The van der Waals surface area contributed by atoms with Crippen molar-refractivity contribution in [1.29, 1.82) is 0 Å². The molecule has 0 unspecified atom stereocenters. The molecule has 0 radical (unpaired) electrons. The number of methoxy groups -OCH3 is 1. The molecule has 4 rings (SSSR count). The molecule has 12 heteroatoms. The van der Waals surface area contributed by atoms with Gasteiger partial charge in [-0.05, 0) is 18.2 Å². The Morgan fingerprint density at radius 1 is 1.18 bits per heavy atom. The molecule has 2 N–H and O–H groups in total. The van der Waals surface area contributed by atoms with E-state index in [9.17, 15) is 32.7 Å². The smallest absolute Gasteiger partial charge is 0.346 e. The molecule has 34 heavy (non-hydrogen) atoms. The Labute approximate surface area is 193 Å². The number of rotatable bonds is 6. The highest BCUT2D eigenvalue weighted by Gasteiger charge is 2.23. The minimum Gasteiger partial charge on any atom is -0.496 e. The molecule has 0 saturated carbocycles. The van der Waals surface area contributed by atoms with Crippen LogP contribution in [0.4, 0.5) is 18.9 Å². The maximum Gasteiger partial charge on any atom is 0.346 e. The van der Waals surface area contributed by atoms with Crippen molar-refractivity contribution in [3.8, 4) is 11.4 Å². The number of aromatic nitrogens is 2. The summed E-state index contributed by atoms with van der Waals surface area (Å²) in [5, 5.41) is 10.4. The zero-order valence-electron chi connectivity index (χ0n) is 17.7. The van der Waals surface area contributed by atoms with Crippen molar-refractivity contribution in [1.82, 2.24) is 9.55 Å². The number of hydrogen-bond donors (Lipinski definition) is 2. The molecule has 176 valence electrons. The zero-order chi connectivity index (χ0) is 24.7. The van der Waals surface area contributed by atoms with Gasteiger partial charge in [0.15, 0.2) is 5.82 Å². The quantitative estimate of drug-likeness (QED) is 0.428. The van der Waals surface area contributed by atoms with Gasteiger partial charge >= 0.3 is 11.7 Å². The van der Waals surface area contributed by atoms with Gasteiger partial charge in [0.25, 0.3) is 5.56 Å². The van der Waals surface area contributed by atoms with E-state index in [1.165, 1.54) is 30.5 Å². The fraction of sp³-hybridized carbons (Fsp3) is 0.136. The maximum absolute atomic E-state index is 15.0. The van der Waals surface area contributed by atoms with E-state index in [1.807, 2.05) is 0 Å². The number of nitrogens with zero attached hydrogens (tertiary/aromatic N) is 2. The van der Waals surface area contributed by atoms with Gasteiger partial charge in [-0.15, -0.1) is 11.3 Å². The van der Waals surface area contributed by atoms with Crippen LogP contribution in [0.1, 0.15) is 15.2 Å². The number of fused-ring (bicyclic) bond motifs is 1. The number of carboxylic acid groups (broad SMARTS) is 1. The number of carbonyl (C=O) groups is 1. The van der Waals surface area contributed by atoms with Gasteiger partial charge in [0.2, 0.25) is 0 Å². The lowest BCUT2D eigenvalue weighted by molar-refractivity contribution is 0.0704. The zero-order valence-corrected chi connectivity index (χ0v) is 18.5. The van der Waals surface area contributed by atoms with E-state index >= 15 is 0 Å². The Hall–Kier alpha value is -4.06. The SMILES string of the molecule is COc1cc(F)c(-n2c(=O)[nH]c3csc(C(=O)O)c3c2=O)cc1CN(C)c1c(F)cccc1F. The van der Waals surface area contributed by atoms with Gasteiger partial charge in [-0.3, -0.25) is 4.79 Å². The molecular weight excluding hydrogens is 475 g/mol. The predicted octanol–water partition coefficient (Wildman–Crippen LogP) is 3.50. The normalized spacial score (nSPS) is 11.1. The number of thiophene rings is 1. The van der Waals surface area contributed by atoms with Crippen LogP contribution in [-0.4, -0.2) is 34.8 Å². The number of hydrogen-bond acceptors (Lipinski definition) is 6. The summed E-state index contributed by atoms with van der Waals surface area (Å²) in [5.41, 5.74) is -2.61. The number of ether oxygens (including phenoxy) is 1. The summed E-state index contributed by atoms with van der Waals surface area (Å²) in [4.78, 5) is 40.5. The molecule has 0 spiro atoms. The van der Waals surface area contributed by atoms with Crippen LogP contribution in [-0.2, 0) is 6.54 Å². The van der Waals surface area contributed by atoms with Crippen molar-refractivity contribution >= 4 is 33.9 Å². The molecule has 0 aliphatic rings. The third-order valence-electron chi connectivity index (χ3n) is 5.16. The summed E-state index contributed by atoms with van der Waals surface area (Å²) in [6.07, 6.45) is 0. The van der Waals surface area contributed by atoms with Gasteiger partial charge in [0, 0.05) is 30.6 Å². The fourth-order valence-electron chi connectivity index (χ4n) is 3.67. The fourth-order valence-corrected chi connectivity index (χ4v) is 4.50. The van der Waals surface area contributed by atoms with Gasteiger partial charge in [-0.2, -0.15) is 0 Å². The van der Waals surface area contributed by atoms with Crippen molar-refractivity contribution in [3.05, 3.63) is 84.4 Å². The van der Waals surface area contributed by atoms with Crippen LogP contribution in [0.25, 0.3) is 16.6 Å². The summed E-state index contributed by atoms with van der Waals surface area (Å²) in [7, 11) is 2.66. The molecule has 0 amide bonds. The van der Waals surface area contributed by atoms with Crippen LogP contribution < -0.4 is 20.9 Å². The van der Waals surface area contributed by atoms with E-state index < -0.39 is 40.4 Å². The van der Waals surface area contributed by atoms with Crippen LogP contribution in [0.3, 0.4) is 0 Å². The molecule has 0 aliphatic carbocycles. The summed E-state index contributed by atoms with van der Waals surface area (Å²) in [6, 6.07) is 5.44. The minimum absolute atomic E-state index is 0.0113. The van der Waals surface area contributed by atoms with Gasteiger partial charge in [-0.1, -0.05) is 6.07 Å². The van der Waals surface area contributed by atoms with E-state index in [1.54, 1.807) is 0 Å². The van der Waals surface area contributed by atoms with Crippen molar-refractivity contribution < 1.29 is 27.8 Å². The molecule has 0 aliphatic heterocycles. The Balaban J connectivity index is 1.90. The van der Waals surface area contributed by atoms with Crippen LogP contribution in [0.2, 0.25) is 0 Å². The van der Waals surface area contributed by atoms with Gasteiger partial charge in [0.1, 0.15) is 27.9 Å². The molecular formula is C22H16F3N3O5S. The first kappa shape index (κ1) is 23.1. The van der Waals surface area contributed by atoms with E-state index in [4.69, 9.17) is 4.74 Å². The second-order valence-electron chi connectivity index (χ2n) is 7.27. The van der Waals surface area contributed by atoms with Gasteiger partial charge in [-0.25, -0.2) is 27.3 Å². The van der Waals surface area contributed by atoms with E-state index in [0.717, 1.165) is 35.6 Å². The molecule has 0 atom stereocenters. The van der Waals surface area contributed by atoms with Gasteiger partial charge in [0.05, 0.1) is 23.7 Å². The average molecular weight is 491 g/mol. The van der Waals surface area contributed by atoms with Crippen LogP contribution in [0, 0.1) is 17.5 Å². The monoisotopic (exact) mass is 491 g/mol. The van der Waals surface area contributed by atoms with Crippen molar-refractivity contribution in [2.45, 2.75) is 6.54 Å². The predicted molar refractivity (Wildman–Crippen MR) is 120 cm³/mol. The number of anilines is 1. The molecule has 0 saturated heterocycles. The first-order valence-electron chi connectivity index (χ1n) is 9.65. The first-order chi connectivity index (χ1) is 16.1. The average Bonchev–Trinajstić information content (AvgIpc) is 3.19. The summed E-state index contributed by atoms with van der Waals surface area (Å²) < 4.78 is 49.1. The molecule has 2 aromatic heterocycles. The number of aromatic amines is 1. The highest BCUT2D eigenvalue weighted by molar-refractivity contribution is 7.13. The number of nitrogens with one attached hydrogen (secondary N) is 1. The third kappa shape index (κ3) is 3.81. The highest BCUT2D eigenvalue weighted by Crippen LogP contribution is 2.29. The largest absolute Gasteiger partial charge is 0.496 e. The number of H-pyrrole nitrogens is 1. The highest BCUT2D eigenvalue weighted by atomic mass is 32.1. The van der Waals surface area contributed by atoms with Crippen molar-refractivity contribution in [3.63, 3.8) is 0 Å². The lowest BCUT2D eigenvalue weighted by atomic mass is 10.1. The van der Waals surface area contributed by atoms with Crippen molar-refractivity contribution in [2.75, 3.05) is 19.1 Å². The van der Waals surface area contributed by atoms with E-state index in [0.29, 0.717) is 4.57 Å². The number of carboxylic acids is 1. The van der Waals surface area contributed by atoms with Crippen molar-refractivity contribution in [2.24, 2.45) is 0 Å². The summed E-state index contributed by atoms with van der Waals surface area (Å²) in [6.45, 7) is -0.179. The second-order valence-corrected chi connectivity index (χ2v) is 8.15. The Morgan fingerprint density at radius 2 is 1.85 bits per heavy atom. The molecule has 8 nitrogen and oxygen atoms in total. The van der Waals surface area contributed by atoms with Gasteiger partial charge < -0.3 is 19.7 Å². The summed E-state index contributed by atoms with van der Waals surface area (Å²) >= 11 is 0.745. The molecule has 2 heterocycles. The number of halogens is 3. The Bertz CT molecular complexity index is 1540. The number of para-hydroxylation sites is 1. The molecule has 0 bridgehead atoms. The van der Waals surface area contributed by atoms with E-state index in [-0.39, 0.29) is 39.3 Å². The number of benzene rings is 2. The third-order valence-corrected chi connectivity index (χ3v) is 6.13.